The zero-order valence-electron chi connectivity index (χ0n) is 12.5. The van der Waals surface area contributed by atoms with Crippen LogP contribution in [-0.4, -0.2) is 12.6 Å². The predicted molar refractivity (Wildman–Crippen MR) is 79.8 cm³/mol. The molecular weight excluding hydrogens is 220 g/mol. The molecule has 2 heteroatoms. The molecule has 0 spiro atoms. The lowest BCUT2D eigenvalue weighted by atomic mass is 9.92. The van der Waals surface area contributed by atoms with Crippen LogP contribution in [0.5, 0.6) is 0 Å². The Hall–Kier alpha value is -0.860. The van der Waals surface area contributed by atoms with Gasteiger partial charge in [0.2, 0.25) is 0 Å². The van der Waals surface area contributed by atoms with Crippen LogP contribution >= 0.6 is 0 Å². The van der Waals surface area contributed by atoms with Gasteiger partial charge in [-0.1, -0.05) is 38.1 Å². The standard InChI is InChI=1S/C16H28N2/c1-12(2)13-6-8-14(9-7-13)15(18-5)10-11-16(3,4)17/h6-9,12,15,18H,10-11,17H2,1-5H3. The molecule has 3 N–H and O–H groups in total. The Bertz CT molecular complexity index is 346. The summed E-state index contributed by atoms with van der Waals surface area (Å²) >= 11 is 0. The zero-order chi connectivity index (χ0) is 13.8. The molecule has 102 valence electrons. The molecule has 1 aromatic rings. The third-order valence-electron chi connectivity index (χ3n) is 3.43. The quantitative estimate of drug-likeness (QED) is 0.807. The van der Waals surface area contributed by atoms with Crippen LogP contribution in [0.25, 0.3) is 0 Å². The highest BCUT2D eigenvalue weighted by atomic mass is 14.9. The Labute approximate surface area is 112 Å². The molecule has 1 atom stereocenters. The van der Waals surface area contributed by atoms with Crippen molar-refractivity contribution in [2.75, 3.05) is 7.05 Å². The predicted octanol–water partition coefficient (Wildman–Crippen LogP) is 3.59. The molecule has 0 saturated heterocycles. The minimum absolute atomic E-state index is 0.0903. The number of hydrogen-bond acceptors (Lipinski definition) is 2. The zero-order valence-corrected chi connectivity index (χ0v) is 12.5. The van der Waals surface area contributed by atoms with Gasteiger partial charge in [0.25, 0.3) is 0 Å². The molecule has 0 aliphatic heterocycles. The second-order valence-corrected chi connectivity index (χ2v) is 6.19. The Balaban J connectivity index is 2.70. The third kappa shape index (κ3) is 4.79. The van der Waals surface area contributed by atoms with Crippen molar-refractivity contribution in [2.45, 2.75) is 58.0 Å². The maximum Gasteiger partial charge on any atom is 0.0318 e. The molecule has 0 aliphatic rings. The molecular formula is C16H28N2. The summed E-state index contributed by atoms with van der Waals surface area (Å²) in [6.45, 7) is 8.62. The Kier molecular flexibility index (Phi) is 5.36. The Morgan fingerprint density at radius 2 is 1.61 bits per heavy atom. The number of nitrogens with two attached hydrogens (primary N) is 1. The van der Waals surface area contributed by atoms with E-state index < -0.39 is 0 Å². The molecule has 0 aliphatic carbocycles. The van der Waals surface area contributed by atoms with E-state index in [-0.39, 0.29) is 5.54 Å². The first-order chi connectivity index (χ1) is 8.33. The molecule has 2 nitrogen and oxygen atoms in total. The van der Waals surface area contributed by atoms with Crippen molar-refractivity contribution in [1.29, 1.82) is 0 Å². The highest BCUT2D eigenvalue weighted by Crippen LogP contribution is 2.23. The van der Waals surface area contributed by atoms with Crippen LogP contribution in [0.2, 0.25) is 0 Å². The molecule has 0 aromatic heterocycles. The molecule has 0 amide bonds. The van der Waals surface area contributed by atoms with Crippen LogP contribution < -0.4 is 11.1 Å². The molecule has 1 unspecified atom stereocenters. The lowest BCUT2D eigenvalue weighted by Gasteiger charge is -2.23. The van der Waals surface area contributed by atoms with E-state index in [0.29, 0.717) is 12.0 Å². The van der Waals surface area contributed by atoms with E-state index in [1.54, 1.807) is 0 Å². The first kappa shape index (κ1) is 15.2. The van der Waals surface area contributed by atoms with Gasteiger partial charge in [0.05, 0.1) is 0 Å². The van der Waals surface area contributed by atoms with Crippen LogP contribution in [0.15, 0.2) is 24.3 Å². The highest BCUT2D eigenvalue weighted by molar-refractivity contribution is 5.26. The van der Waals surface area contributed by atoms with Crippen LogP contribution in [0.4, 0.5) is 0 Å². The fourth-order valence-electron chi connectivity index (χ4n) is 2.11. The van der Waals surface area contributed by atoms with Gasteiger partial charge in [0.15, 0.2) is 0 Å². The van der Waals surface area contributed by atoms with Gasteiger partial charge in [-0.3, -0.25) is 0 Å². The van der Waals surface area contributed by atoms with E-state index in [1.807, 2.05) is 7.05 Å². The van der Waals surface area contributed by atoms with E-state index >= 15 is 0 Å². The van der Waals surface area contributed by atoms with Crippen LogP contribution in [-0.2, 0) is 0 Å². The van der Waals surface area contributed by atoms with Crippen LogP contribution in [0.1, 0.15) is 63.6 Å². The minimum atomic E-state index is -0.0903. The van der Waals surface area contributed by atoms with Crippen molar-refractivity contribution in [3.05, 3.63) is 35.4 Å². The fourth-order valence-corrected chi connectivity index (χ4v) is 2.11. The lowest BCUT2D eigenvalue weighted by molar-refractivity contribution is 0.411. The van der Waals surface area contributed by atoms with Crippen molar-refractivity contribution < 1.29 is 0 Å². The van der Waals surface area contributed by atoms with E-state index in [9.17, 15) is 0 Å². The van der Waals surface area contributed by atoms with E-state index in [4.69, 9.17) is 5.73 Å². The van der Waals surface area contributed by atoms with Crippen LogP contribution in [0.3, 0.4) is 0 Å². The average molecular weight is 248 g/mol. The van der Waals surface area contributed by atoms with Gasteiger partial charge in [0, 0.05) is 11.6 Å². The van der Waals surface area contributed by atoms with Crippen molar-refractivity contribution in [2.24, 2.45) is 5.73 Å². The normalized spacial score (nSPS) is 13.9. The molecule has 1 rings (SSSR count). The molecule has 0 heterocycles. The SMILES string of the molecule is CNC(CCC(C)(C)N)c1ccc(C(C)C)cc1. The maximum absolute atomic E-state index is 6.05. The number of nitrogens with one attached hydrogen (secondary N) is 1. The molecule has 18 heavy (non-hydrogen) atoms. The molecule has 0 saturated carbocycles. The van der Waals surface area contributed by atoms with Gasteiger partial charge in [0.1, 0.15) is 0 Å². The highest BCUT2D eigenvalue weighted by Gasteiger charge is 2.15. The fraction of sp³-hybridized carbons (Fsp3) is 0.625. The summed E-state index contributed by atoms with van der Waals surface area (Å²) in [7, 11) is 2.02. The number of benzene rings is 1. The summed E-state index contributed by atoms with van der Waals surface area (Å²) in [5.74, 6) is 0.593. The van der Waals surface area contributed by atoms with Gasteiger partial charge >= 0.3 is 0 Å². The van der Waals surface area contributed by atoms with Crippen molar-refractivity contribution >= 4 is 0 Å². The monoisotopic (exact) mass is 248 g/mol. The molecule has 0 bridgehead atoms. The van der Waals surface area contributed by atoms with Crippen LogP contribution in [0, 0.1) is 0 Å². The first-order valence-corrected chi connectivity index (χ1v) is 6.89. The largest absolute Gasteiger partial charge is 0.326 e. The number of rotatable bonds is 6. The minimum Gasteiger partial charge on any atom is -0.326 e. The van der Waals surface area contributed by atoms with Gasteiger partial charge in [-0.05, 0) is 50.8 Å². The molecule has 0 fully saturated rings. The van der Waals surface area contributed by atoms with Gasteiger partial charge in [-0.25, -0.2) is 0 Å². The summed E-state index contributed by atoms with van der Waals surface area (Å²) in [5.41, 5.74) is 8.71. The average Bonchev–Trinajstić information content (AvgIpc) is 2.29. The Morgan fingerprint density at radius 1 is 1.11 bits per heavy atom. The topological polar surface area (TPSA) is 38.0 Å². The summed E-state index contributed by atoms with van der Waals surface area (Å²) in [6.07, 6.45) is 2.09. The van der Waals surface area contributed by atoms with Crippen molar-refractivity contribution in [1.82, 2.24) is 5.32 Å². The lowest BCUT2D eigenvalue weighted by Crippen LogP contribution is -2.33. The van der Waals surface area contributed by atoms with Gasteiger partial charge in [-0.15, -0.1) is 0 Å². The Morgan fingerprint density at radius 3 is 2.00 bits per heavy atom. The van der Waals surface area contributed by atoms with E-state index in [1.165, 1.54) is 11.1 Å². The number of hydrogen-bond donors (Lipinski definition) is 2. The smallest absolute Gasteiger partial charge is 0.0318 e. The van der Waals surface area contributed by atoms with E-state index in [0.717, 1.165) is 12.8 Å². The van der Waals surface area contributed by atoms with E-state index in [2.05, 4.69) is 57.3 Å². The maximum atomic E-state index is 6.05. The van der Waals surface area contributed by atoms with Crippen molar-refractivity contribution in [3.63, 3.8) is 0 Å². The molecule has 0 radical (unpaired) electrons. The first-order valence-electron chi connectivity index (χ1n) is 6.89. The van der Waals surface area contributed by atoms with Gasteiger partial charge in [-0.2, -0.15) is 0 Å². The third-order valence-corrected chi connectivity index (χ3v) is 3.43. The second-order valence-electron chi connectivity index (χ2n) is 6.19. The summed E-state index contributed by atoms with van der Waals surface area (Å²) in [5, 5.41) is 3.38. The summed E-state index contributed by atoms with van der Waals surface area (Å²) in [4.78, 5) is 0. The van der Waals surface area contributed by atoms with Crippen molar-refractivity contribution in [3.8, 4) is 0 Å². The van der Waals surface area contributed by atoms with Gasteiger partial charge < -0.3 is 11.1 Å². The molecule has 1 aromatic carbocycles. The summed E-state index contributed by atoms with van der Waals surface area (Å²) in [6, 6.07) is 9.34. The summed E-state index contributed by atoms with van der Waals surface area (Å²) < 4.78 is 0. The second kappa shape index (κ2) is 6.35.